The fourth-order valence-electron chi connectivity index (χ4n) is 1.74. The van der Waals surface area contributed by atoms with Crippen molar-refractivity contribution >= 4 is 17.4 Å². The molecule has 22 heavy (non-hydrogen) atoms. The lowest BCUT2D eigenvalue weighted by Crippen LogP contribution is -2.35. The highest BCUT2D eigenvalue weighted by molar-refractivity contribution is 6.12. The summed E-state index contributed by atoms with van der Waals surface area (Å²) in [6, 6.07) is 5.16. The fraction of sp³-hybridized carbons (Fsp3) is 0.357. The number of hydrogen-bond donors (Lipinski definition) is 1. The second kappa shape index (κ2) is 7.73. The van der Waals surface area contributed by atoms with Gasteiger partial charge in [-0.05, 0) is 18.6 Å². The zero-order valence-corrected chi connectivity index (χ0v) is 12.2. The van der Waals surface area contributed by atoms with Gasteiger partial charge in [0, 0.05) is 18.2 Å². The number of nitro benzene ring substituents is 1. The predicted octanol–water partition coefficient (Wildman–Crippen LogP) is 1.45. The van der Waals surface area contributed by atoms with E-state index in [0.29, 0.717) is 13.0 Å². The van der Waals surface area contributed by atoms with Crippen molar-refractivity contribution in [3.8, 4) is 11.8 Å². The number of nitrogens with one attached hydrogen (secondary N) is 1. The normalized spacial score (nSPS) is 11.1. The van der Waals surface area contributed by atoms with E-state index in [4.69, 9.17) is 10.00 Å². The number of amides is 1. The average Bonchev–Trinajstić information content (AvgIpc) is 2.52. The van der Waals surface area contributed by atoms with E-state index in [2.05, 4.69) is 5.32 Å². The Morgan fingerprint density at radius 1 is 1.50 bits per heavy atom. The number of nitrogens with zero attached hydrogens (tertiary/aromatic N) is 2. The molecule has 0 fully saturated rings. The summed E-state index contributed by atoms with van der Waals surface area (Å²) >= 11 is 0. The molecule has 1 N–H and O–H groups in total. The first-order chi connectivity index (χ1) is 10.5. The number of benzene rings is 1. The fourth-order valence-corrected chi connectivity index (χ4v) is 1.74. The van der Waals surface area contributed by atoms with Gasteiger partial charge in [0.05, 0.1) is 18.1 Å². The first-order valence-electron chi connectivity index (χ1n) is 6.50. The van der Waals surface area contributed by atoms with E-state index in [9.17, 15) is 19.7 Å². The van der Waals surface area contributed by atoms with Crippen LogP contribution in [0.15, 0.2) is 18.2 Å². The topological polar surface area (TPSA) is 122 Å². The van der Waals surface area contributed by atoms with E-state index in [1.54, 1.807) is 6.07 Å². The van der Waals surface area contributed by atoms with Gasteiger partial charge in [-0.3, -0.25) is 19.7 Å². The molecule has 0 saturated heterocycles. The number of carbonyl (C=O) groups excluding carboxylic acids is 2. The molecule has 0 bridgehead atoms. The van der Waals surface area contributed by atoms with Gasteiger partial charge < -0.3 is 10.1 Å². The highest BCUT2D eigenvalue weighted by Crippen LogP contribution is 2.28. The summed E-state index contributed by atoms with van der Waals surface area (Å²) in [5, 5.41) is 22.4. The monoisotopic (exact) mass is 305 g/mol. The van der Waals surface area contributed by atoms with Crippen molar-refractivity contribution in [2.75, 3.05) is 13.7 Å². The third-order valence-corrected chi connectivity index (χ3v) is 2.86. The van der Waals surface area contributed by atoms with Crippen LogP contribution in [-0.4, -0.2) is 30.3 Å². The summed E-state index contributed by atoms with van der Waals surface area (Å²) in [6.07, 6.45) is 0.659. The highest BCUT2D eigenvalue weighted by atomic mass is 16.6. The summed E-state index contributed by atoms with van der Waals surface area (Å²) in [5.41, 5.74) is -0.496. The van der Waals surface area contributed by atoms with Crippen molar-refractivity contribution in [1.82, 2.24) is 5.32 Å². The quantitative estimate of drug-likeness (QED) is 0.352. The maximum Gasteiger partial charge on any atom is 0.311 e. The molecule has 1 amide bonds. The van der Waals surface area contributed by atoms with Crippen LogP contribution in [0.25, 0.3) is 0 Å². The zero-order valence-electron chi connectivity index (χ0n) is 12.2. The third-order valence-electron chi connectivity index (χ3n) is 2.86. The molecule has 8 nitrogen and oxygen atoms in total. The van der Waals surface area contributed by atoms with Gasteiger partial charge in [0.15, 0.2) is 17.5 Å². The molecule has 1 unspecified atom stereocenters. The summed E-state index contributed by atoms with van der Waals surface area (Å²) in [5.74, 6) is -3.06. The first kappa shape index (κ1) is 17.1. The van der Waals surface area contributed by atoms with Crippen molar-refractivity contribution in [1.29, 1.82) is 5.26 Å². The Morgan fingerprint density at radius 2 is 2.18 bits per heavy atom. The van der Waals surface area contributed by atoms with E-state index in [1.165, 1.54) is 19.2 Å². The van der Waals surface area contributed by atoms with Gasteiger partial charge in [-0.1, -0.05) is 6.92 Å². The van der Waals surface area contributed by atoms with Crippen molar-refractivity contribution < 1.29 is 19.2 Å². The van der Waals surface area contributed by atoms with Crippen LogP contribution < -0.4 is 10.1 Å². The standard InChI is InChI=1S/C14H15N3O5/c1-3-6-16-14(19)10(8-15)13(18)9-4-5-12(22-2)11(7-9)17(20)21/h4-5,7,10H,3,6H2,1-2H3,(H,16,19). The molecule has 0 aliphatic rings. The van der Waals surface area contributed by atoms with Crippen LogP contribution in [0.4, 0.5) is 5.69 Å². The molecule has 0 saturated carbocycles. The number of carbonyl (C=O) groups is 2. The second-order valence-corrected chi connectivity index (χ2v) is 4.36. The van der Waals surface area contributed by atoms with Gasteiger partial charge in [-0.25, -0.2) is 0 Å². The minimum atomic E-state index is -1.54. The lowest BCUT2D eigenvalue weighted by Gasteiger charge is -2.09. The molecule has 1 aromatic carbocycles. The zero-order chi connectivity index (χ0) is 16.7. The number of nitriles is 1. The number of methoxy groups -OCH3 is 1. The predicted molar refractivity (Wildman–Crippen MR) is 76.4 cm³/mol. The average molecular weight is 305 g/mol. The van der Waals surface area contributed by atoms with E-state index in [-0.39, 0.29) is 11.3 Å². The number of hydrogen-bond acceptors (Lipinski definition) is 6. The maximum absolute atomic E-state index is 12.2. The Morgan fingerprint density at radius 3 is 2.68 bits per heavy atom. The van der Waals surface area contributed by atoms with Crippen molar-refractivity contribution in [3.63, 3.8) is 0 Å². The minimum absolute atomic E-state index is 0.00880. The third kappa shape index (κ3) is 3.79. The van der Waals surface area contributed by atoms with E-state index in [1.807, 2.05) is 6.92 Å². The molecule has 0 spiro atoms. The van der Waals surface area contributed by atoms with Crippen LogP contribution in [0.2, 0.25) is 0 Å². The molecular formula is C14H15N3O5. The number of ketones is 1. The van der Waals surface area contributed by atoms with Crippen LogP contribution in [0, 0.1) is 27.4 Å². The summed E-state index contributed by atoms with van der Waals surface area (Å²) in [6.45, 7) is 2.17. The Bertz CT molecular complexity index is 636. The van der Waals surface area contributed by atoms with Crippen LogP contribution >= 0.6 is 0 Å². The molecule has 1 atom stereocenters. The van der Waals surface area contributed by atoms with E-state index < -0.39 is 28.2 Å². The summed E-state index contributed by atoms with van der Waals surface area (Å²) in [4.78, 5) is 34.2. The molecule has 0 heterocycles. The molecule has 0 radical (unpaired) electrons. The van der Waals surface area contributed by atoms with Gasteiger partial charge in [-0.15, -0.1) is 0 Å². The Hall–Kier alpha value is -2.95. The number of Topliss-reactive ketones (excluding diaryl/α,β-unsaturated/α-hetero) is 1. The molecule has 0 aromatic heterocycles. The molecule has 0 aliphatic carbocycles. The molecular weight excluding hydrogens is 290 g/mol. The SMILES string of the molecule is CCCNC(=O)C(C#N)C(=O)c1ccc(OC)c([N+](=O)[O-])c1. The van der Waals surface area contributed by atoms with E-state index in [0.717, 1.165) is 6.07 Å². The Labute approximate surface area is 126 Å². The molecule has 8 heteroatoms. The molecule has 1 aromatic rings. The highest BCUT2D eigenvalue weighted by Gasteiger charge is 2.29. The minimum Gasteiger partial charge on any atom is -0.490 e. The van der Waals surface area contributed by atoms with E-state index >= 15 is 0 Å². The number of ether oxygens (including phenoxy) is 1. The number of nitro groups is 1. The largest absolute Gasteiger partial charge is 0.490 e. The second-order valence-electron chi connectivity index (χ2n) is 4.36. The molecule has 1 rings (SSSR count). The lowest BCUT2D eigenvalue weighted by atomic mass is 9.97. The van der Waals surface area contributed by atoms with Gasteiger partial charge in [-0.2, -0.15) is 5.26 Å². The van der Waals surface area contributed by atoms with Gasteiger partial charge >= 0.3 is 5.69 Å². The van der Waals surface area contributed by atoms with Crippen molar-refractivity contribution in [3.05, 3.63) is 33.9 Å². The Kier molecular flexibility index (Phi) is 6.01. The molecule has 0 aliphatic heterocycles. The van der Waals surface area contributed by atoms with Gasteiger partial charge in [0.1, 0.15) is 0 Å². The summed E-state index contributed by atoms with van der Waals surface area (Å²) in [7, 11) is 1.26. The maximum atomic E-state index is 12.2. The first-order valence-corrected chi connectivity index (χ1v) is 6.50. The van der Waals surface area contributed by atoms with Crippen molar-refractivity contribution in [2.24, 2.45) is 5.92 Å². The Balaban J connectivity index is 3.11. The summed E-state index contributed by atoms with van der Waals surface area (Å²) < 4.78 is 4.83. The van der Waals surface area contributed by atoms with Crippen LogP contribution in [-0.2, 0) is 4.79 Å². The smallest absolute Gasteiger partial charge is 0.311 e. The van der Waals surface area contributed by atoms with Crippen LogP contribution in [0.5, 0.6) is 5.75 Å². The van der Waals surface area contributed by atoms with Crippen LogP contribution in [0.3, 0.4) is 0 Å². The number of rotatable bonds is 7. The van der Waals surface area contributed by atoms with Gasteiger partial charge in [0.2, 0.25) is 5.91 Å². The lowest BCUT2D eigenvalue weighted by molar-refractivity contribution is -0.385. The van der Waals surface area contributed by atoms with Crippen LogP contribution in [0.1, 0.15) is 23.7 Å². The van der Waals surface area contributed by atoms with Crippen molar-refractivity contribution in [2.45, 2.75) is 13.3 Å². The van der Waals surface area contributed by atoms with Gasteiger partial charge in [0.25, 0.3) is 0 Å². The molecule has 116 valence electrons.